The van der Waals surface area contributed by atoms with Crippen molar-refractivity contribution in [1.29, 1.82) is 0 Å². The number of hydrogen-bond donors (Lipinski definition) is 2. The molecule has 1 aliphatic rings. The normalized spacial score (nSPS) is 21.3. The number of methoxy groups -OCH3 is 1. The molecule has 1 saturated carbocycles. The van der Waals surface area contributed by atoms with Crippen LogP contribution in [-0.2, 0) is 16.0 Å². The Hall–Kier alpha value is -1.99. The summed E-state index contributed by atoms with van der Waals surface area (Å²) in [4.78, 5) is 21.4. The van der Waals surface area contributed by atoms with Crippen molar-refractivity contribution in [3.05, 3.63) is 24.2 Å². The number of amides is 1. The molecule has 2 heterocycles. The number of aryl methyl sites for hydroxylation is 1. The van der Waals surface area contributed by atoms with Gasteiger partial charge in [-0.25, -0.2) is 9.97 Å². The molecular weight excluding hydrogens is 344 g/mol. The SMILES string of the molecule is COC[C@@H](C)n1c(CCCC(=O)NC2CCC(O)CC2)nc2cccnc21. The Balaban J connectivity index is 1.58. The van der Waals surface area contributed by atoms with Gasteiger partial charge in [0.1, 0.15) is 11.3 Å². The first-order valence-electron chi connectivity index (χ1n) is 9.86. The van der Waals surface area contributed by atoms with Crippen molar-refractivity contribution in [3.63, 3.8) is 0 Å². The summed E-state index contributed by atoms with van der Waals surface area (Å²) in [5, 5.41) is 12.7. The van der Waals surface area contributed by atoms with Crippen LogP contribution in [0.3, 0.4) is 0 Å². The van der Waals surface area contributed by atoms with Crippen molar-refractivity contribution in [2.45, 2.75) is 70.1 Å². The van der Waals surface area contributed by atoms with Crippen molar-refractivity contribution >= 4 is 17.1 Å². The van der Waals surface area contributed by atoms with Crippen molar-refractivity contribution in [2.24, 2.45) is 0 Å². The molecule has 0 unspecified atom stereocenters. The summed E-state index contributed by atoms with van der Waals surface area (Å²) >= 11 is 0. The molecule has 3 rings (SSSR count). The largest absolute Gasteiger partial charge is 0.393 e. The summed E-state index contributed by atoms with van der Waals surface area (Å²) in [6.45, 7) is 2.68. The van der Waals surface area contributed by atoms with Gasteiger partial charge in [0.15, 0.2) is 5.65 Å². The molecule has 1 atom stereocenters. The third-order valence-corrected chi connectivity index (χ3v) is 5.24. The Kier molecular flexibility index (Phi) is 6.79. The van der Waals surface area contributed by atoms with Crippen LogP contribution in [0.15, 0.2) is 18.3 Å². The van der Waals surface area contributed by atoms with Crippen molar-refractivity contribution in [1.82, 2.24) is 19.9 Å². The summed E-state index contributed by atoms with van der Waals surface area (Å²) in [5.41, 5.74) is 1.74. The number of nitrogens with zero attached hydrogens (tertiary/aromatic N) is 3. The minimum atomic E-state index is -0.200. The molecule has 2 N–H and O–H groups in total. The average Bonchev–Trinajstić information content (AvgIpc) is 3.02. The molecule has 0 aliphatic heterocycles. The zero-order valence-electron chi connectivity index (χ0n) is 16.2. The fourth-order valence-electron chi connectivity index (χ4n) is 3.86. The maximum absolute atomic E-state index is 12.2. The fraction of sp³-hybridized carbons (Fsp3) is 0.650. The predicted molar refractivity (Wildman–Crippen MR) is 103 cm³/mol. The molecule has 2 aromatic rings. The molecule has 1 amide bonds. The number of ether oxygens (including phenoxy) is 1. The first kappa shape index (κ1) is 19.8. The highest BCUT2D eigenvalue weighted by atomic mass is 16.5. The zero-order valence-corrected chi connectivity index (χ0v) is 16.2. The minimum absolute atomic E-state index is 0.0853. The van der Waals surface area contributed by atoms with E-state index < -0.39 is 0 Å². The van der Waals surface area contributed by atoms with Gasteiger partial charge in [-0.15, -0.1) is 0 Å². The number of aliphatic hydroxyl groups excluding tert-OH is 1. The Morgan fingerprint density at radius 3 is 2.93 bits per heavy atom. The van der Waals surface area contributed by atoms with Gasteiger partial charge in [0.05, 0.1) is 18.8 Å². The standard InChI is InChI=1S/C20H30N4O3/c1-14(13-27-2)24-18(23-17-5-4-12-21-20(17)24)6-3-7-19(26)22-15-8-10-16(25)11-9-15/h4-5,12,14-16,25H,3,6-11,13H2,1-2H3,(H,22,26)/t14-,15?,16?/m1/s1. The van der Waals surface area contributed by atoms with Crippen LogP contribution in [0.25, 0.3) is 11.2 Å². The number of carbonyl (C=O) groups excluding carboxylic acids is 1. The van der Waals surface area contributed by atoms with Crippen LogP contribution >= 0.6 is 0 Å². The molecule has 148 valence electrons. The second kappa shape index (κ2) is 9.28. The molecule has 0 radical (unpaired) electrons. The van der Waals surface area contributed by atoms with E-state index in [2.05, 4.69) is 21.8 Å². The van der Waals surface area contributed by atoms with Crippen LogP contribution in [0, 0.1) is 0 Å². The van der Waals surface area contributed by atoms with Gasteiger partial charge in [0, 0.05) is 32.2 Å². The Morgan fingerprint density at radius 1 is 1.41 bits per heavy atom. The Labute approximate surface area is 160 Å². The monoisotopic (exact) mass is 374 g/mol. The molecule has 2 aromatic heterocycles. The van der Waals surface area contributed by atoms with Crippen molar-refractivity contribution < 1.29 is 14.6 Å². The number of pyridine rings is 1. The van der Waals surface area contributed by atoms with Crippen LogP contribution in [0.1, 0.15) is 57.3 Å². The van der Waals surface area contributed by atoms with Gasteiger partial charge < -0.3 is 19.7 Å². The first-order valence-corrected chi connectivity index (χ1v) is 9.86. The summed E-state index contributed by atoms with van der Waals surface area (Å²) in [5.74, 6) is 1.03. The van der Waals surface area contributed by atoms with Gasteiger partial charge in [0.25, 0.3) is 0 Å². The smallest absolute Gasteiger partial charge is 0.220 e. The second-order valence-electron chi connectivity index (χ2n) is 7.48. The van der Waals surface area contributed by atoms with E-state index in [9.17, 15) is 9.90 Å². The molecule has 7 heteroatoms. The average molecular weight is 374 g/mol. The molecule has 1 aliphatic carbocycles. The van der Waals surface area contributed by atoms with Gasteiger partial charge in [-0.1, -0.05) is 0 Å². The number of aromatic nitrogens is 3. The van der Waals surface area contributed by atoms with Gasteiger partial charge in [-0.3, -0.25) is 4.79 Å². The highest BCUT2D eigenvalue weighted by Crippen LogP contribution is 2.21. The van der Waals surface area contributed by atoms with E-state index >= 15 is 0 Å². The van der Waals surface area contributed by atoms with E-state index in [4.69, 9.17) is 9.72 Å². The van der Waals surface area contributed by atoms with E-state index in [0.717, 1.165) is 55.5 Å². The third kappa shape index (κ3) is 5.05. The lowest BCUT2D eigenvalue weighted by molar-refractivity contribution is -0.122. The van der Waals surface area contributed by atoms with E-state index in [0.29, 0.717) is 13.0 Å². The number of rotatable bonds is 8. The van der Waals surface area contributed by atoms with Crippen LogP contribution in [0.2, 0.25) is 0 Å². The van der Waals surface area contributed by atoms with Crippen LogP contribution in [0.5, 0.6) is 0 Å². The van der Waals surface area contributed by atoms with Crippen LogP contribution < -0.4 is 5.32 Å². The second-order valence-corrected chi connectivity index (χ2v) is 7.48. The molecule has 0 saturated heterocycles. The van der Waals surface area contributed by atoms with E-state index in [1.54, 1.807) is 13.3 Å². The maximum atomic E-state index is 12.2. The van der Waals surface area contributed by atoms with Crippen LogP contribution in [-0.4, -0.2) is 51.4 Å². The summed E-state index contributed by atoms with van der Waals surface area (Å²) in [7, 11) is 1.69. The van der Waals surface area contributed by atoms with Gasteiger partial charge in [-0.2, -0.15) is 0 Å². The number of imidazole rings is 1. The summed E-state index contributed by atoms with van der Waals surface area (Å²) in [6.07, 6.45) is 6.80. The topological polar surface area (TPSA) is 89.3 Å². The highest BCUT2D eigenvalue weighted by Gasteiger charge is 2.21. The lowest BCUT2D eigenvalue weighted by atomic mass is 9.93. The molecule has 7 nitrogen and oxygen atoms in total. The van der Waals surface area contributed by atoms with Gasteiger partial charge >= 0.3 is 0 Å². The van der Waals surface area contributed by atoms with Gasteiger partial charge in [-0.05, 0) is 51.2 Å². The Morgan fingerprint density at radius 2 is 2.19 bits per heavy atom. The molecule has 27 heavy (non-hydrogen) atoms. The van der Waals surface area contributed by atoms with E-state index in [1.165, 1.54) is 0 Å². The maximum Gasteiger partial charge on any atom is 0.220 e. The lowest BCUT2D eigenvalue weighted by Gasteiger charge is -2.26. The third-order valence-electron chi connectivity index (χ3n) is 5.24. The molecular formula is C20H30N4O3. The van der Waals surface area contributed by atoms with Crippen molar-refractivity contribution in [3.8, 4) is 0 Å². The molecule has 0 aromatic carbocycles. The zero-order chi connectivity index (χ0) is 19.2. The summed E-state index contributed by atoms with van der Waals surface area (Å²) in [6, 6.07) is 4.19. The highest BCUT2D eigenvalue weighted by molar-refractivity contribution is 5.76. The number of hydrogen-bond acceptors (Lipinski definition) is 5. The fourth-order valence-corrected chi connectivity index (χ4v) is 3.86. The molecule has 1 fully saturated rings. The number of nitrogens with one attached hydrogen (secondary N) is 1. The number of fused-ring (bicyclic) bond motifs is 1. The first-order chi connectivity index (χ1) is 13.1. The van der Waals surface area contributed by atoms with Gasteiger partial charge in [0.2, 0.25) is 5.91 Å². The van der Waals surface area contributed by atoms with E-state index in [-0.39, 0.29) is 24.1 Å². The number of carbonyl (C=O) groups is 1. The summed E-state index contributed by atoms with van der Waals surface area (Å²) < 4.78 is 7.43. The number of aliphatic hydroxyl groups is 1. The predicted octanol–water partition coefficient (Wildman–Crippen LogP) is 2.38. The lowest BCUT2D eigenvalue weighted by Crippen LogP contribution is -2.38. The van der Waals surface area contributed by atoms with E-state index in [1.807, 2.05) is 12.1 Å². The molecule has 0 bridgehead atoms. The Bertz CT molecular complexity index is 753. The molecule has 0 spiro atoms. The minimum Gasteiger partial charge on any atom is -0.393 e. The van der Waals surface area contributed by atoms with Crippen LogP contribution in [0.4, 0.5) is 0 Å². The van der Waals surface area contributed by atoms with Crippen molar-refractivity contribution in [2.75, 3.05) is 13.7 Å². The quantitative estimate of drug-likeness (QED) is 0.740.